The zero-order valence-electron chi connectivity index (χ0n) is 13.7. The second-order valence-electron chi connectivity index (χ2n) is 5.87. The number of aromatic nitrogens is 1. The molecule has 1 N–H and O–H groups in total. The van der Waals surface area contributed by atoms with Gasteiger partial charge in [0.2, 0.25) is 0 Å². The first-order chi connectivity index (χ1) is 11.2. The number of para-hydroxylation sites is 1. The molecule has 1 aliphatic rings. The lowest BCUT2D eigenvalue weighted by Gasteiger charge is -2.23. The molecule has 2 heterocycles. The van der Waals surface area contributed by atoms with E-state index in [0.29, 0.717) is 0 Å². The predicted molar refractivity (Wildman–Crippen MR) is 89.4 cm³/mol. The molecule has 0 radical (unpaired) electrons. The Hall–Kier alpha value is -2.30. The van der Waals surface area contributed by atoms with Crippen LogP contribution in [0.5, 0.6) is 0 Å². The standard InChI is InChI=1S/C18H23N3O2/c1-3-13-8-5-6-9-15(13)19-18(22)21-11-7-10-16(21)17-12-14(4-2)20-23-17/h5-6,8-9,12,16H,3-4,7,10-11H2,1-2H3,(H,19,22). The molecule has 5 nitrogen and oxygen atoms in total. The average molecular weight is 313 g/mol. The molecule has 2 amide bonds. The van der Waals surface area contributed by atoms with Crippen molar-refractivity contribution >= 4 is 11.7 Å². The molecular formula is C18H23N3O2. The minimum absolute atomic E-state index is 0.0170. The molecule has 1 aliphatic heterocycles. The number of urea groups is 1. The molecule has 122 valence electrons. The van der Waals surface area contributed by atoms with Crippen molar-refractivity contribution in [3.05, 3.63) is 47.3 Å². The normalized spacial score (nSPS) is 17.5. The maximum absolute atomic E-state index is 12.7. The highest BCUT2D eigenvalue weighted by atomic mass is 16.5. The maximum atomic E-state index is 12.7. The van der Waals surface area contributed by atoms with E-state index in [9.17, 15) is 4.79 Å². The summed E-state index contributed by atoms with van der Waals surface area (Å²) in [6.45, 7) is 4.87. The van der Waals surface area contributed by atoms with Crippen LogP contribution < -0.4 is 5.32 Å². The van der Waals surface area contributed by atoms with Crippen LogP contribution in [0.4, 0.5) is 10.5 Å². The Balaban J connectivity index is 1.75. The Bertz CT molecular complexity index is 680. The van der Waals surface area contributed by atoms with Crippen molar-refractivity contribution in [3.8, 4) is 0 Å². The third-order valence-corrected chi connectivity index (χ3v) is 4.42. The minimum Gasteiger partial charge on any atom is -0.359 e. The lowest BCUT2D eigenvalue weighted by molar-refractivity contribution is 0.195. The van der Waals surface area contributed by atoms with Crippen molar-refractivity contribution in [1.82, 2.24) is 10.1 Å². The van der Waals surface area contributed by atoms with Crippen LogP contribution in [0, 0.1) is 0 Å². The van der Waals surface area contributed by atoms with Crippen molar-refractivity contribution < 1.29 is 9.32 Å². The number of aryl methyl sites for hydroxylation is 2. The van der Waals surface area contributed by atoms with E-state index in [1.807, 2.05) is 42.2 Å². The SMILES string of the molecule is CCc1cc(C2CCCN2C(=O)Nc2ccccc2CC)on1. The van der Waals surface area contributed by atoms with Gasteiger partial charge in [0.25, 0.3) is 0 Å². The van der Waals surface area contributed by atoms with Crippen molar-refractivity contribution in [2.45, 2.75) is 45.6 Å². The summed E-state index contributed by atoms with van der Waals surface area (Å²) >= 11 is 0. The summed E-state index contributed by atoms with van der Waals surface area (Å²) in [4.78, 5) is 14.5. The molecule has 1 aromatic heterocycles. The van der Waals surface area contributed by atoms with Crippen molar-refractivity contribution in [3.63, 3.8) is 0 Å². The first-order valence-corrected chi connectivity index (χ1v) is 8.34. The van der Waals surface area contributed by atoms with Gasteiger partial charge in [-0.15, -0.1) is 0 Å². The number of rotatable bonds is 4. The van der Waals surface area contributed by atoms with E-state index < -0.39 is 0 Å². The number of anilines is 1. The number of hydrogen-bond acceptors (Lipinski definition) is 3. The summed E-state index contributed by atoms with van der Waals surface area (Å²) in [7, 11) is 0. The molecule has 5 heteroatoms. The maximum Gasteiger partial charge on any atom is 0.322 e. The van der Waals surface area contributed by atoms with Gasteiger partial charge in [-0.2, -0.15) is 0 Å². The fraction of sp³-hybridized carbons (Fsp3) is 0.444. The number of nitrogens with one attached hydrogen (secondary N) is 1. The van der Waals surface area contributed by atoms with Gasteiger partial charge in [-0.1, -0.05) is 37.2 Å². The Morgan fingerprint density at radius 2 is 2.17 bits per heavy atom. The lowest BCUT2D eigenvalue weighted by Crippen LogP contribution is -2.34. The number of hydrogen-bond donors (Lipinski definition) is 1. The second kappa shape index (κ2) is 6.86. The summed E-state index contributed by atoms with van der Waals surface area (Å²) in [5.74, 6) is 0.790. The Kier molecular flexibility index (Phi) is 4.65. The molecular weight excluding hydrogens is 290 g/mol. The summed E-state index contributed by atoms with van der Waals surface area (Å²) in [6.07, 6.45) is 3.63. The number of benzene rings is 1. The molecule has 1 fully saturated rings. The minimum atomic E-state index is -0.0668. The molecule has 1 unspecified atom stereocenters. The highest BCUT2D eigenvalue weighted by molar-refractivity contribution is 5.90. The van der Waals surface area contributed by atoms with Crippen LogP contribution >= 0.6 is 0 Å². The van der Waals surface area contributed by atoms with E-state index >= 15 is 0 Å². The molecule has 0 aliphatic carbocycles. The molecule has 0 spiro atoms. The Morgan fingerprint density at radius 3 is 2.91 bits per heavy atom. The molecule has 3 rings (SSSR count). The van der Waals surface area contributed by atoms with Crippen LogP contribution in [0.3, 0.4) is 0 Å². The van der Waals surface area contributed by atoms with Gasteiger partial charge in [0.15, 0.2) is 5.76 Å². The van der Waals surface area contributed by atoms with Gasteiger partial charge in [-0.05, 0) is 37.3 Å². The third-order valence-electron chi connectivity index (χ3n) is 4.42. The van der Waals surface area contributed by atoms with Crippen molar-refractivity contribution in [1.29, 1.82) is 0 Å². The predicted octanol–water partition coefficient (Wildman–Crippen LogP) is 4.17. The van der Waals surface area contributed by atoms with Gasteiger partial charge in [0.1, 0.15) is 0 Å². The van der Waals surface area contributed by atoms with E-state index in [1.165, 1.54) is 0 Å². The lowest BCUT2D eigenvalue weighted by atomic mass is 10.1. The number of amides is 2. The van der Waals surface area contributed by atoms with Crippen LogP contribution in [-0.2, 0) is 12.8 Å². The number of carbonyl (C=O) groups excluding carboxylic acids is 1. The van der Waals surface area contributed by atoms with E-state index in [2.05, 4.69) is 17.4 Å². The average Bonchev–Trinajstić information content (AvgIpc) is 3.23. The van der Waals surface area contributed by atoms with Crippen LogP contribution in [0.1, 0.15) is 49.7 Å². The summed E-state index contributed by atoms with van der Waals surface area (Å²) < 4.78 is 5.44. The van der Waals surface area contributed by atoms with E-state index in [-0.39, 0.29) is 12.1 Å². The summed E-state index contributed by atoms with van der Waals surface area (Å²) in [5.41, 5.74) is 2.96. The number of carbonyl (C=O) groups is 1. The number of nitrogens with zero attached hydrogens (tertiary/aromatic N) is 2. The molecule has 0 bridgehead atoms. The zero-order chi connectivity index (χ0) is 16.2. The van der Waals surface area contributed by atoms with Crippen molar-refractivity contribution in [2.24, 2.45) is 0 Å². The van der Waals surface area contributed by atoms with Crippen LogP contribution in [-0.4, -0.2) is 22.6 Å². The van der Waals surface area contributed by atoms with Gasteiger partial charge in [0.05, 0.1) is 11.7 Å². The molecule has 23 heavy (non-hydrogen) atoms. The Morgan fingerprint density at radius 1 is 1.35 bits per heavy atom. The highest BCUT2D eigenvalue weighted by Crippen LogP contribution is 2.33. The monoisotopic (exact) mass is 313 g/mol. The van der Waals surface area contributed by atoms with Crippen molar-refractivity contribution in [2.75, 3.05) is 11.9 Å². The smallest absolute Gasteiger partial charge is 0.322 e. The quantitative estimate of drug-likeness (QED) is 0.921. The summed E-state index contributed by atoms with van der Waals surface area (Å²) in [5, 5.41) is 7.10. The van der Waals surface area contributed by atoms with Crippen LogP contribution in [0.15, 0.2) is 34.9 Å². The first-order valence-electron chi connectivity index (χ1n) is 8.34. The summed E-state index contributed by atoms with van der Waals surface area (Å²) in [6, 6.07) is 9.82. The fourth-order valence-corrected chi connectivity index (χ4v) is 3.10. The third kappa shape index (κ3) is 3.23. The highest BCUT2D eigenvalue weighted by Gasteiger charge is 2.33. The largest absolute Gasteiger partial charge is 0.359 e. The topological polar surface area (TPSA) is 58.4 Å². The molecule has 2 aromatic rings. The van der Waals surface area contributed by atoms with E-state index in [1.54, 1.807) is 0 Å². The van der Waals surface area contributed by atoms with Gasteiger partial charge in [-0.25, -0.2) is 4.79 Å². The molecule has 0 saturated carbocycles. The van der Waals surface area contributed by atoms with Crippen LogP contribution in [0.25, 0.3) is 0 Å². The van der Waals surface area contributed by atoms with E-state index in [4.69, 9.17) is 4.52 Å². The van der Waals surface area contributed by atoms with E-state index in [0.717, 1.165) is 54.9 Å². The molecule has 1 aromatic carbocycles. The van der Waals surface area contributed by atoms with Crippen LogP contribution in [0.2, 0.25) is 0 Å². The van der Waals surface area contributed by atoms with Gasteiger partial charge >= 0.3 is 6.03 Å². The second-order valence-corrected chi connectivity index (χ2v) is 5.87. The molecule has 1 saturated heterocycles. The molecule has 1 atom stereocenters. The van der Waals surface area contributed by atoms with Gasteiger partial charge in [-0.3, -0.25) is 0 Å². The Labute approximate surface area is 136 Å². The van der Waals surface area contributed by atoms with Gasteiger partial charge in [0, 0.05) is 18.3 Å². The van der Waals surface area contributed by atoms with Gasteiger partial charge < -0.3 is 14.7 Å². The fourth-order valence-electron chi connectivity index (χ4n) is 3.10. The first kappa shape index (κ1) is 15.6. The zero-order valence-corrected chi connectivity index (χ0v) is 13.7. The number of likely N-dealkylation sites (tertiary alicyclic amines) is 1.